The Kier molecular flexibility index (Phi) is 5.75. The van der Waals surface area contributed by atoms with Gasteiger partial charge in [0.15, 0.2) is 0 Å². The van der Waals surface area contributed by atoms with Crippen molar-refractivity contribution in [2.75, 3.05) is 23.8 Å². The van der Waals surface area contributed by atoms with E-state index in [4.69, 9.17) is 0 Å². The second-order valence-electron chi connectivity index (χ2n) is 7.32. The van der Waals surface area contributed by atoms with E-state index in [-0.39, 0.29) is 17.7 Å². The summed E-state index contributed by atoms with van der Waals surface area (Å²) in [6, 6.07) is 19.0. The Balaban J connectivity index is 1.46. The predicted molar refractivity (Wildman–Crippen MR) is 118 cm³/mol. The third kappa shape index (κ3) is 4.30. The first-order chi connectivity index (χ1) is 15.0. The Hall–Kier alpha value is -4.00. The van der Waals surface area contributed by atoms with E-state index < -0.39 is 6.04 Å². The van der Waals surface area contributed by atoms with Crippen LogP contribution in [-0.2, 0) is 4.79 Å². The highest BCUT2D eigenvalue weighted by molar-refractivity contribution is 6.06. The molecule has 3 amide bonds. The fraction of sp³-hybridized carbons (Fsp3) is 0.167. The largest absolute Gasteiger partial charge is 0.330 e. The zero-order valence-electron chi connectivity index (χ0n) is 17.1. The minimum Gasteiger partial charge on any atom is -0.330 e. The summed E-state index contributed by atoms with van der Waals surface area (Å²) in [6.45, 7) is 0.562. The fourth-order valence-electron chi connectivity index (χ4n) is 3.66. The number of nitrogens with one attached hydrogen (secondary N) is 1. The van der Waals surface area contributed by atoms with Gasteiger partial charge < -0.3 is 15.1 Å². The van der Waals surface area contributed by atoms with Crippen LogP contribution in [0.5, 0.6) is 0 Å². The molecule has 2 heterocycles. The molecule has 1 N–H and O–H groups in total. The number of carbonyl (C=O) groups excluding carboxylic acids is 3. The number of carbonyl (C=O) groups is 3. The van der Waals surface area contributed by atoms with Crippen molar-refractivity contribution in [3.63, 3.8) is 0 Å². The molecule has 0 saturated carbocycles. The molecule has 0 radical (unpaired) electrons. The van der Waals surface area contributed by atoms with E-state index in [9.17, 15) is 14.4 Å². The number of aromatic nitrogens is 1. The van der Waals surface area contributed by atoms with Gasteiger partial charge in [-0.2, -0.15) is 0 Å². The van der Waals surface area contributed by atoms with Gasteiger partial charge in [0.25, 0.3) is 11.8 Å². The zero-order valence-corrected chi connectivity index (χ0v) is 17.1. The van der Waals surface area contributed by atoms with Gasteiger partial charge in [-0.3, -0.25) is 19.4 Å². The van der Waals surface area contributed by atoms with Crippen LogP contribution in [0.3, 0.4) is 0 Å². The lowest BCUT2D eigenvalue weighted by atomic mass is 10.1. The summed E-state index contributed by atoms with van der Waals surface area (Å²) in [6.07, 6.45) is 3.63. The molecule has 1 aromatic heterocycles. The predicted octanol–water partition coefficient (Wildman–Crippen LogP) is 3.21. The van der Waals surface area contributed by atoms with Gasteiger partial charge in [-0.15, -0.1) is 0 Å². The van der Waals surface area contributed by atoms with Crippen molar-refractivity contribution < 1.29 is 14.4 Å². The van der Waals surface area contributed by atoms with Crippen molar-refractivity contribution in [1.29, 1.82) is 0 Å². The van der Waals surface area contributed by atoms with Crippen LogP contribution >= 0.6 is 0 Å². The number of hydrogen-bond acceptors (Lipinski definition) is 4. The summed E-state index contributed by atoms with van der Waals surface area (Å²) in [7, 11) is 1.64. The van der Waals surface area contributed by atoms with E-state index in [0.29, 0.717) is 29.8 Å². The fourth-order valence-corrected chi connectivity index (χ4v) is 3.66. The van der Waals surface area contributed by atoms with Gasteiger partial charge in [-0.25, -0.2) is 0 Å². The molecule has 31 heavy (non-hydrogen) atoms. The molecular formula is C24H22N4O3. The van der Waals surface area contributed by atoms with Crippen molar-refractivity contribution >= 4 is 29.1 Å². The van der Waals surface area contributed by atoms with E-state index in [1.807, 2.05) is 30.3 Å². The molecule has 0 spiro atoms. The number of para-hydroxylation sites is 1. The summed E-state index contributed by atoms with van der Waals surface area (Å²) in [5, 5.41) is 2.77. The third-order valence-corrected chi connectivity index (χ3v) is 5.32. The van der Waals surface area contributed by atoms with Crippen molar-refractivity contribution in [3.05, 3.63) is 90.3 Å². The van der Waals surface area contributed by atoms with E-state index in [1.165, 1.54) is 11.1 Å². The van der Waals surface area contributed by atoms with E-state index in [1.54, 1.807) is 54.5 Å². The molecule has 0 aliphatic carbocycles. The maximum Gasteiger partial charge on any atom is 0.257 e. The molecule has 2 aromatic carbocycles. The molecule has 7 heteroatoms. The standard InChI is InChI=1S/C24H22N4O3/c1-27(21-12-14-28(24(21)31)20-10-3-2-4-11-20)23(30)17-7-5-9-19(15-17)26-22(29)18-8-6-13-25-16-18/h2-11,13,15-16,21H,12,14H2,1H3,(H,26,29). The highest BCUT2D eigenvalue weighted by Crippen LogP contribution is 2.25. The molecule has 4 rings (SSSR count). The van der Waals surface area contributed by atoms with E-state index >= 15 is 0 Å². The lowest BCUT2D eigenvalue weighted by Gasteiger charge is -2.24. The molecular weight excluding hydrogens is 392 g/mol. The van der Waals surface area contributed by atoms with Gasteiger partial charge in [0, 0.05) is 42.9 Å². The monoisotopic (exact) mass is 414 g/mol. The number of nitrogens with zero attached hydrogens (tertiary/aromatic N) is 3. The maximum absolute atomic E-state index is 13.1. The minimum atomic E-state index is -0.527. The van der Waals surface area contributed by atoms with Crippen molar-refractivity contribution in [2.45, 2.75) is 12.5 Å². The summed E-state index contributed by atoms with van der Waals surface area (Å²) in [5.41, 5.74) is 2.15. The smallest absolute Gasteiger partial charge is 0.257 e. The molecule has 3 aromatic rings. The number of rotatable bonds is 5. The molecule has 1 fully saturated rings. The van der Waals surface area contributed by atoms with Crippen LogP contribution in [-0.4, -0.2) is 47.2 Å². The van der Waals surface area contributed by atoms with Crippen LogP contribution in [0.4, 0.5) is 11.4 Å². The van der Waals surface area contributed by atoms with Crippen molar-refractivity contribution in [3.8, 4) is 0 Å². The van der Waals surface area contributed by atoms with Gasteiger partial charge in [0.1, 0.15) is 6.04 Å². The number of pyridine rings is 1. The van der Waals surface area contributed by atoms with Gasteiger partial charge in [0.05, 0.1) is 5.56 Å². The Morgan fingerprint density at radius 2 is 1.81 bits per heavy atom. The molecule has 0 bridgehead atoms. The van der Waals surface area contributed by atoms with Crippen LogP contribution in [0, 0.1) is 0 Å². The summed E-state index contributed by atoms with van der Waals surface area (Å²) in [4.78, 5) is 45.5. The molecule has 1 aliphatic rings. The van der Waals surface area contributed by atoms with Crippen LogP contribution in [0.25, 0.3) is 0 Å². The minimum absolute atomic E-state index is 0.0944. The van der Waals surface area contributed by atoms with Crippen LogP contribution in [0.1, 0.15) is 27.1 Å². The number of likely N-dealkylation sites (N-methyl/N-ethyl adjacent to an activating group) is 1. The molecule has 1 atom stereocenters. The summed E-state index contributed by atoms with van der Waals surface area (Å²) in [5.74, 6) is -0.677. The van der Waals surface area contributed by atoms with Crippen LogP contribution in [0.15, 0.2) is 79.1 Å². The molecule has 1 saturated heterocycles. The average molecular weight is 414 g/mol. The Labute approximate surface area is 180 Å². The lowest BCUT2D eigenvalue weighted by Crippen LogP contribution is -2.43. The molecule has 1 aliphatic heterocycles. The maximum atomic E-state index is 13.1. The second-order valence-corrected chi connectivity index (χ2v) is 7.32. The first kappa shape index (κ1) is 20.3. The number of anilines is 2. The molecule has 156 valence electrons. The molecule has 1 unspecified atom stereocenters. The Morgan fingerprint density at radius 3 is 2.55 bits per heavy atom. The molecule has 7 nitrogen and oxygen atoms in total. The first-order valence-corrected chi connectivity index (χ1v) is 9.99. The number of amides is 3. The highest BCUT2D eigenvalue weighted by atomic mass is 16.2. The van der Waals surface area contributed by atoms with Gasteiger partial charge in [-0.1, -0.05) is 24.3 Å². The van der Waals surface area contributed by atoms with E-state index in [2.05, 4.69) is 10.3 Å². The topological polar surface area (TPSA) is 82.6 Å². The Bertz CT molecular complexity index is 1100. The summed E-state index contributed by atoms with van der Waals surface area (Å²) >= 11 is 0. The highest BCUT2D eigenvalue weighted by Gasteiger charge is 2.37. The van der Waals surface area contributed by atoms with Gasteiger partial charge in [-0.05, 0) is 48.9 Å². The second kappa shape index (κ2) is 8.79. The Morgan fingerprint density at radius 1 is 1.03 bits per heavy atom. The first-order valence-electron chi connectivity index (χ1n) is 9.99. The zero-order chi connectivity index (χ0) is 21.8. The van der Waals surface area contributed by atoms with Crippen LogP contribution in [0.2, 0.25) is 0 Å². The summed E-state index contributed by atoms with van der Waals surface area (Å²) < 4.78 is 0. The lowest BCUT2D eigenvalue weighted by molar-refractivity contribution is -0.120. The van der Waals surface area contributed by atoms with Crippen molar-refractivity contribution in [1.82, 2.24) is 9.88 Å². The van der Waals surface area contributed by atoms with Gasteiger partial charge in [0.2, 0.25) is 5.91 Å². The average Bonchev–Trinajstić information content (AvgIpc) is 3.20. The SMILES string of the molecule is CN(C(=O)c1cccc(NC(=O)c2cccnc2)c1)C1CCN(c2ccccc2)C1=O. The normalized spacial score (nSPS) is 15.6. The number of hydrogen-bond donors (Lipinski definition) is 1. The van der Waals surface area contributed by atoms with Crippen molar-refractivity contribution in [2.24, 2.45) is 0 Å². The number of benzene rings is 2. The van der Waals surface area contributed by atoms with Crippen LogP contribution < -0.4 is 10.2 Å². The quantitative estimate of drug-likeness (QED) is 0.695. The van der Waals surface area contributed by atoms with E-state index in [0.717, 1.165) is 5.69 Å². The van der Waals surface area contributed by atoms with Gasteiger partial charge >= 0.3 is 0 Å². The third-order valence-electron chi connectivity index (χ3n) is 5.32.